The van der Waals surface area contributed by atoms with Gasteiger partial charge in [-0.05, 0) is 122 Å². The fourth-order valence-electron chi connectivity index (χ4n) is 8.95. The molecule has 0 saturated heterocycles. The predicted octanol–water partition coefficient (Wildman–Crippen LogP) is 22.2. The third-order valence-electron chi connectivity index (χ3n) is 13.7. The molecule has 6 heteroatoms. The number of hydrogen-bond donors (Lipinski definition) is 0. The van der Waals surface area contributed by atoms with E-state index in [0.29, 0.717) is 19.3 Å². The number of unbranched alkanes of at least 4 members (excludes halogenated alkanes) is 29. The topological polar surface area (TPSA) is 78.9 Å². The molecule has 0 aliphatic rings. The van der Waals surface area contributed by atoms with Gasteiger partial charge in [0.2, 0.25) is 0 Å². The minimum atomic E-state index is -0.793. The molecule has 1 unspecified atom stereocenters. The average molecular weight is 1070 g/mol. The normalized spacial score (nSPS) is 12.8. The number of carbonyl (C=O) groups excluding carboxylic acids is 3. The van der Waals surface area contributed by atoms with E-state index in [9.17, 15) is 14.4 Å². The van der Waals surface area contributed by atoms with Gasteiger partial charge >= 0.3 is 17.9 Å². The first kappa shape index (κ1) is 73.1. The summed E-state index contributed by atoms with van der Waals surface area (Å²) in [5, 5.41) is 0. The second-order valence-electron chi connectivity index (χ2n) is 21.3. The first-order valence-corrected chi connectivity index (χ1v) is 32.4. The molecule has 0 heterocycles. The zero-order valence-corrected chi connectivity index (χ0v) is 50.4. The summed E-state index contributed by atoms with van der Waals surface area (Å²) >= 11 is 0. The number of hydrogen-bond acceptors (Lipinski definition) is 6. The quantitative estimate of drug-likeness (QED) is 0.0261. The summed E-state index contributed by atoms with van der Waals surface area (Å²) in [6.45, 7) is 6.42. The molecule has 0 amide bonds. The van der Waals surface area contributed by atoms with E-state index in [1.54, 1.807) is 0 Å². The lowest BCUT2D eigenvalue weighted by Crippen LogP contribution is -2.30. The third-order valence-corrected chi connectivity index (χ3v) is 13.7. The fourth-order valence-corrected chi connectivity index (χ4v) is 8.95. The van der Waals surface area contributed by atoms with Crippen LogP contribution >= 0.6 is 0 Å². The highest BCUT2D eigenvalue weighted by atomic mass is 16.6. The van der Waals surface area contributed by atoms with E-state index in [4.69, 9.17) is 14.2 Å². The van der Waals surface area contributed by atoms with Gasteiger partial charge in [-0.1, -0.05) is 271 Å². The second kappa shape index (κ2) is 64.6. The van der Waals surface area contributed by atoms with Gasteiger partial charge in [0.15, 0.2) is 6.10 Å². The highest BCUT2D eigenvalue weighted by Crippen LogP contribution is 2.16. The van der Waals surface area contributed by atoms with Crippen molar-refractivity contribution in [2.75, 3.05) is 13.2 Å². The lowest BCUT2D eigenvalue weighted by atomic mass is 10.1. The fraction of sp³-hybridized carbons (Fsp3) is 0.704. The minimum absolute atomic E-state index is 0.0875. The van der Waals surface area contributed by atoms with Gasteiger partial charge in [-0.2, -0.15) is 0 Å². The van der Waals surface area contributed by atoms with Gasteiger partial charge in [0.25, 0.3) is 0 Å². The van der Waals surface area contributed by atoms with E-state index in [2.05, 4.69) is 130 Å². The number of esters is 3. The molecule has 77 heavy (non-hydrogen) atoms. The third kappa shape index (κ3) is 62.8. The first-order valence-electron chi connectivity index (χ1n) is 32.4. The summed E-state index contributed by atoms with van der Waals surface area (Å²) in [5.41, 5.74) is 0. The molecule has 0 aromatic heterocycles. The summed E-state index contributed by atoms with van der Waals surface area (Å²) in [4.78, 5) is 38.4. The molecule has 0 spiro atoms. The summed E-state index contributed by atoms with van der Waals surface area (Å²) in [6, 6.07) is 0. The second-order valence-corrected chi connectivity index (χ2v) is 21.3. The Labute approximate surface area is 476 Å². The van der Waals surface area contributed by atoms with Crippen molar-refractivity contribution in [3.8, 4) is 0 Å². The monoisotopic (exact) mass is 1070 g/mol. The average Bonchev–Trinajstić information content (AvgIpc) is 3.43. The first-order chi connectivity index (χ1) is 38.0. The summed E-state index contributed by atoms with van der Waals surface area (Å²) < 4.78 is 16.9. The molecule has 0 rings (SSSR count). The van der Waals surface area contributed by atoms with Gasteiger partial charge in [0.05, 0.1) is 0 Å². The smallest absolute Gasteiger partial charge is 0.306 e. The Hall–Kier alpha value is -3.93. The Morgan fingerprint density at radius 2 is 0.506 bits per heavy atom. The number of carbonyl (C=O) groups is 3. The highest BCUT2D eigenvalue weighted by Gasteiger charge is 2.19. The SMILES string of the molecule is CC/C=C\C/C=C\C/C=C\C/C=C\CCCCCCCCCCCCC(=O)OCC(COC(=O)CCCCCCCCC/C=C\CCCCCCCC)OC(=O)CCCCCCCC/C=C\C/C=C\C/C=C\C/C=C\CC. The predicted molar refractivity (Wildman–Crippen MR) is 334 cm³/mol. The van der Waals surface area contributed by atoms with Crippen LogP contribution in [-0.4, -0.2) is 37.2 Å². The van der Waals surface area contributed by atoms with Crippen molar-refractivity contribution in [2.24, 2.45) is 0 Å². The standard InChI is InChI=1S/C71H120O6/c1-4-7-10-13-16-19-22-25-28-31-33-34-35-36-38-40-43-46-49-52-55-58-61-64-70(73)76-67-68(66-75-69(72)63-60-57-54-51-48-45-42-39-30-27-24-21-18-15-12-9-6-3)77-71(74)65-62-59-56-53-50-47-44-41-37-32-29-26-23-20-17-14-11-8-5-2/h7-8,10-11,16-17,19-20,25-30,33-34,37,41,68H,4-6,9,12-15,18,21-24,31-32,35-36,38-40,42-67H2,1-3H3/b10-7-,11-8-,19-16-,20-17-,28-25-,29-26-,30-27-,34-33-,41-37-. The molecule has 0 saturated carbocycles. The Morgan fingerprint density at radius 1 is 0.273 bits per heavy atom. The van der Waals surface area contributed by atoms with Crippen LogP contribution in [0.15, 0.2) is 109 Å². The lowest BCUT2D eigenvalue weighted by Gasteiger charge is -2.18. The largest absolute Gasteiger partial charge is 0.462 e. The zero-order valence-electron chi connectivity index (χ0n) is 50.4. The van der Waals surface area contributed by atoms with Crippen LogP contribution in [0.5, 0.6) is 0 Å². The molecule has 6 nitrogen and oxygen atoms in total. The van der Waals surface area contributed by atoms with Gasteiger partial charge in [0, 0.05) is 19.3 Å². The number of ether oxygens (including phenoxy) is 3. The molecule has 0 N–H and O–H groups in total. The van der Waals surface area contributed by atoms with Crippen molar-refractivity contribution >= 4 is 17.9 Å². The molecule has 0 aromatic rings. The van der Waals surface area contributed by atoms with Crippen LogP contribution in [0, 0.1) is 0 Å². The van der Waals surface area contributed by atoms with Crippen molar-refractivity contribution in [1.29, 1.82) is 0 Å². The van der Waals surface area contributed by atoms with Crippen molar-refractivity contribution in [2.45, 2.75) is 309 Å². The molecule has 0 aliphatic carbocycles. The number of allylic oxidation sites excluding steroid dienone is 18. The van der Waals surface area contributed by atoms with E-state index in [-0.39, 0.29) is 31.1 Å². The number of rotatable bonds is 58. The van der Waals surface area contributed by atoms with Gasteiger partial charge in [-0.25, -0.2) is 0 Å². The molecule has 1 atom stereocenters. The van der Waals surface area contributed by atoms with E-state index in [0.717, 1.165) is 122 Å². The minimum Gasteiger partial charge on any atom is -0.462 e. The Kier molecular flexibility index (Phi) is 61.3. The Balaban J connectivity index is 4.41. The maximum absolute atomic E-state index is 12.9. The maximum atomic E-state index is 12.9. The van der Waals surface area contributed by atoms with Gasteiger partial charge in [-0.15, -0.1) is 0 Å². The van der Waals surface area contributed by atoms with Crippen molar-refractivity contribution in [3.05, 3.63) is 109 Å². The molecule has 0 radical (unpaired) electrons. The molecule has 0 aliphatic heterocycles. The van der Waals surface area contributed by atoms with Crippen LogP contribution in [0.3, 0.4) is 0 Å². The molecule has 0 bridgehead atoms. The van der Waals surface area contributed by atoms with E-state index >= 15 is 0 Å². The Morgan fingerprint density at radius 3 is 0.805 bits per heavy atom. The van der Waals surface area contributed by atoms with Gasteiger partial charge < -0.3 is 14.2 Å². The van der Waals surface area contributed by atoms with Crippen molar-refractivity contribution in [1.82, 2.24) is 0 Å². The van der Waals surface area contributed by atoms with Crippen LogP contribution in [0.4, 0.5) is 0 Å². The lowest BCUT2D eigenvalue weighted by molar-refractivity contribution is -0.167. The zero-order chi connectivity index (χ0) is 55.7. The summed E-state index contributed by atoms with van der Waals surface area (Å²) in [5.74, 6) is -0.901. The van der Waals surface area contributed by atoms with Gasteiger partial charge in [0.1, 0.15) is 13.2 Å². The van der Waals surface area contributed by atoms with Crippen LogP contribution in [0.2, 0.25) is 0 Å². The van der Waals surface area contributed by atoms with Gasteiger partial charge in [-0.3, -0.25) is 14.4 Å². The highest BCUT2D eigenvalue weighted by molar-refractivity contribution is 5.71. The maximum Gasteiger partial charge on any atom is 0.306 e. The van der Waals surface area contributed by atoms with Crippen LogP contribution in [0.25, 0.3) is 0 Å². The Bertz CT molecular complexity index is 1560. The summed E-state index contributed by atoms with van der Waals surface area (Å²) in [7, 11) is 0. The van der Waals surface area contributed by atoms with E-state index < -0.39 is 6.10 Å². The van der Waals surface area contributed by atoms with Crippen LogP contribution < -0.4 is 0 Å². The van der Waals surface area contributed by atoms with Crippen LogP contribution in [-0.2, 0) is 28.6 Å². The van der Waals surface area contributed by atoms with E-state index in [1.807, 2.05) is 0 Å². The van der Waals surface area contributed by atoms with Crippen LogP contribution in [0.1, 0.15) is 303 Å². The molecule has 0 fully saturated rings. The molecule has 440 valence electrons. The molecule has 0 aromatic carbocycles. The van der Waals surface area contributed by atoms with E-state index in [1.165, 1.54) is 141 Å². The molecular weight excluding hydrogens is 949 g/mol. The molecular formula is C71H120O6. The van der Waals surface area contributed by atoms with Crippen molar-refractivity contribution < 1.29 is 28.6 Å². The summed E-state index contributed by atoms with van der Waals surface area (Å²) in [6.07, 6.45) is 88.0. The van der Waals surface area contributed by atoms with Crippen molar-refractivity contribution in [3.63, 3.8) is 0 Å².